The number of rotatable bonds is 2. The number of thioether (sulfide) groups is 2. The summed E-state index contributed by atoms with van der Waals surface area (Å²) in [5, 5.41) is 2.92. The number of nitrogens with zero attached hydrogens (tertiary/aromatic N) is 3. The van der Waals surface area contributed by atoms with Gasteiger partial charge in [0.2, 0.25) is 0 Å². The number of hydrogen-bond acceptors (Lipinski definition) is 5. The van der Waals surface area contributed by atoms with Gasteiger partial charge >= 0.3 is 0 Å². The van der Waals surface area contributed by atoms with Gasteiger partial charge in [-0.3, -0.25) is 9.69 Å². The topological polar surface area (TPSA) is 35.9 Å². The molecule has 4 rings (SSSR count). The molecule has 1 amide bonds. The average molecular weight is 436 g/mol. The van der Waals surface area contributed by atoms with Crippen LogP contribution in [0.1, 0.15) is 6.92 Å². The fourth-order valence-electron chi connectivity index (χ4n) is 2.84. The highest BCUT2D eigenvalue weighted by Crippen LogP contribution is 2.50. The largest absolute Gasteiger partial charge is 0.337 e. The molecule has 0 aliphatic carbocycles. The summed E-state index contributed by atoms with van der Waals surface area (Å²) < 4.78 is 0. The molecule has 1 saturated heterocycles. The Morgan fingerprint density at radius 2 is 1.74 bits per heavy atom. The first-order valence-electron chi connectivity index (χ1n) is 8.27. The third kappa shape index (κ3) is 3.47. The Morgan fingerprint density at radius 3 is 2.44 bits per heavy atom. The second-order valence-corrected chi connectivity index (χ2v) is 8.81. The van der Waals surface area contributed by atoms with Gasteiger partial charge in [-0.05, 0) is 61.2 Å². The number of amides is 1. The van der Waals surface area contributed by atoms with Crippen LogP contribution < -0.4 is 4.90 Å². The van der Waals surface area contributed by atoms with E-state index in [9.17, 15) is 4.79 Å². The molecule has 2 aliphatic rings. The molecule has 2 heterocycles. The minimum absolute atomic E-state index is 0.0246. The summed E-state index contributed by atoms with van der Waals surface area (Å²) in [5.74, 6) is -0.0246. The van der Waals surface area contributed by atoms with E-state index in [1.165, 1.54) is 11.8 Å². The van der Waals surface area contributed by atoms with Crippen molar-refractivity contribution in [1.82, 2.24) is 4.90 Å². The van der Waals surface area contributed by atoms with E-state index < -0.39 is 0 Å². The molecule has 0 radical (unpaired) electrons. The SMILES string of the molecule is CCN1C(=O)C(=C2Sc3ccc(Cl)cc3N2C)SC1=Nc1ccc(Cl)cc1. The van der Waals surface area contributed by atoms with Gasteiger partial charge in [0.15, 0.2) is 5.17 Å². The number of amidine groups is 1. The van der Waals surface area contributed by atoms with E-state index in [0.717, 1.165) is 21.3 Å². The van der Waals surface area contributed by atoms with E-state index >= 15 is 0 Å². The number of fused-ring (bicyclic) bond motifs is 1. The Labute approximate surface area is 176 Å². The number of aliphatic imine (C=N–C) groups is 1. The third-order valence-corrected chi connectivity index (χ3v) is 7.14. The van der Waals surface area contributed by atoms with Crippen molar-refractivity contribution in [3.63, 3.8) is 0 Å². The Balaban J connectivity index is 1.72. The van der Waals surface area contributed by atoms with Crippen molar-refractivity contribution < 1.29 is 4.79 Å². The Morgan fingerprint density at radius 1 is 1.04 bits per heavy atom. The van der Waals surface area contributed by atoms with Crippen molar-refractivity contribution in [1.29, 1.82) is 0 Å². The van der Waals surface area contributed by atoms with Crippen molar-refractivity contribution in [3.8, 4) is 0 Å². The molecular weight excluding hydrogens is 421 g/mol. The molecule has 0 spiro atoms. The predicted octanol–water partition coefficient (Wildman–Crippen LogP) is 5.99. The molecule has 2 aliphatic heterocycles. The normalized spacial score (nSPS) is 20.7. The molecule has 0 saturated carbocycles. The van der Waals surface area contributed by atoms with Gasteiger partial charge < -0.3 is 4.90 Å². The van der Waals surface area contributed by atoms with E-state index in [0.29, 0.717) is 26.7 Å². The molecule has 4 nitrogen and oxygen atoms in total. The van der Waals surface area contributed by atoms with Crippen LogP contribution in [0.4, 0.5) is 11.4 Å². The van der Waals surface area contributed by atoms with Crippen LogP contribution in [0.5, 0.6) is 0 Å². The van der Waals surface area contributed by atoms with Crippen molar-refractivity contribution in [3.05, 3.63) is 62.4 Å². The lowest BCUT2D eigenvalue weighted by Gasteiger charge is -2.15. The van der Waals surface area contributed by atoms with Crippen LogP contribution >= 0.6 is 46.7 Å². The highest BCUT2D eigenvalue weighted by molar-refractivity contribution is 8.19. The highest BCUT2D eigenvalue weighted by Gasteiger charge is 2.38. The number of halogens is 2. The first kappa shape index (κ1) is 18.7. The van der Waals surface area contributed by atoms with Crippen LogP contribution in [0.25, 0.3) is 0 Å². The van der Waals surface area contributed by atoms with Crippen molar-refractivity contribution in [2.75, 3.05) is 18.5 Å². The zero-order valence-corrected chi connectivity index (χ0v) is 17.7. The smallest absolute Gasteiger partial charge is 0.269 e. The van der Waals surface area contributed by atoms with Gasteiger partial charge in [-0.15, -0.1) is 0 Å². The number of carbonyl (C=O) groups excluding carboxylic acids is 1. The molecule has 0 bridgehead atoms. The fourth-order valence-corrected chi connectivity index (χ4v) is 5.52. The molecule has 0 aromatic heterocycles. The molecule has 8 heteroatoms. The summed E-state index contributed by atoms with van der Waals surface area (Å²) in [6, 6.07) is 13.0. The van der Waals surface area contributed by atoms with Crippen molar-refractivity contribution in [2.24, 2.45) is 4.99 Å². The number of likely N-dealkylation sites (N-methyl/N-ethyl adjacent to an activating group) is 1. The van der Waals surface area contributed by atoms with Crippen LogP contribution in [0.2, 0.25) is 10.0 Å². The van der Waals surface area contributed by atoms with Gasteiger partial charge in [0, 0.05) is 28.5 Å². The first-order valence-corrected chi connectivity index (χ1v) is 10.7. The summed E-state index contributed by atoms with van der Waals surface area (Å²) >= 11 is 15.1. The fraction of sp³-hybridized carbons (Fsp3) is 0.158. The Bertz CT molecular complexity index is 989. The molecule has 138 valence electrons. The van der Waals surface area contributed by atoms with E-state index in [1.807, 2.05) is 49.2 Å². The molecule has 0 unspecified atom stereocenters. The summed E-state index contributed by atoms with van der Waals surface area (Å²) in [6.45, 7) is 2.51. The number of hydrogen-bond donors (Lipinski definition) is 0. The predicted molar refractivity (Wildman–Crippen MR) is 116 cm³/mol. The molecule has 0 atom stereocenters. The van der Waals surface area contributed by atoms with Gasteiger partial charge in [0.1, 0.15) is 4.91 Å². The zero-order chi connectivity index (χ0) is 19.1. The third-order valence-electron chi connectivity index (χ3n) is 4.22. The van der Waals surface area contributed by atoms with Crippen molar-refractivity contribution >= 4 is 69.2 Å². The minimum atomic E-state index is -0.0246. The molecule has 2 aromatic rings. The van der Waals surface area contributed by atoms with Crippen molar-refractivity contribution in [2.45, 2.75) is 11.8 Å². The van der Waals surface area contributed by atoms with Gasteiger partial charge in [0.05, 0.1) is 16.4 Å². The molecule has 1 fully saturated rings. The Hall–Kier alpha value is -1.60. The average Bonchev–Trinajstić information content (AvgIpc) is 3.13. The van der Waals surface area contributed by atoms with Crippen LogP contribution in [-0.2, 0) is 4.79 Å². The second-order valence-electron chi connectivity index (χ2n) is 5.93. The van der Waals surface area contributed by atoms with E-state index in [-0.39, 0.29) is 5.91 Å². The maximum Gasteiger partial charge on any atom is 0.269 e. The van der Waals surface area contributed by atoms with Gasteiger partial charge in [0.25, 0.3) is 5.91 Å². The molecule has 0 N–H and O–H groups in total. The van der Waals surface area contributed by atoms with E-state index in [2.05, 4.69) is 4.99 Å². The number of carbonyl (C=O) groups is 1. The lowest BCUT2D eigenvalue weighted by Crippen LogP contribution is -2.29. The monoisotopic (exact) mass is 435 g/mol. The van der Waals surface area contributed by atoms with Crippen LogP contribution in [0, 0.1) is 0 Å². The lowest BCUT2D eigenvalue weighted by molar-refractivity contribution is -0.122. The maximum atomic E-state index is 13.0. The summed E-state index contributed by atoms with van der Waals surface area (Å²) in [6.07, 6.45) is 0. The number of benzene rings is 2. The minimum Gasteiger partial charge on any atom is -0.337 e. The lowest BCUT2D eigenvalue weighted by atomic mass is 10.3. The van der Waals surface area contributed by atoms with E-state index in [1.54, 1.807) is 28.8 Å². The Kier molecular flexibility index (Phi) is 5.16. The molecular formula is C19H15Cl2N3OS2. The zero-order valence-electron chi connectivity index (χ0n) is 14.6. The van der Waals surface area contributed by atoms with Crippen LogP contribution in [0.15, 0.2) is 62.3 Å². The van der Waals surface area contributed by atoms with Gasteiger partial charge in [-0.2, -0.15) is 0 Å². The standard InChI is InChI=1S/C19H15Cl2N3OS2/c1-3-24-17(25)16(27-19(24)22-13-7-4-11(20)5-8-13)18-23(2)14-10-12(21)6-9-15(14)26-18/h4-10H,3H2,1-2H3. The van der Waals surface area contributed by atoms with Gasteiger partial charge in [-0.1, -0.05) is 35.0 Å². The second kappa shape index (κ2) is 7.43. The first-order chi connectivity index (χ1) is 13.0. The van der Waals surface area contributed by atoms with E-state index in [4.69, 9.17) is 23.2 Å². The van der Waals surface area contributed by atoms with Gasteiger partial charge in [-0.25, -0.2) is 4.99 Å². The molecule has 27 heavy (non-hydrogen) atoms. The highest BCUT2D eigenvalue weighted by atomic mass is 35.5. The van der Waals surface area contributed by atoms with Crippen LogP contribution in [-0.4, -0.2) is 29.6 Å². The van der Waals surface area contributed by atoms with Crippen LogP contribution in [0.3, 0.4) is 0 Å². The summed E-state index contributed by atoms with van der Waals surface area (Å²) in [7, 11) is 1.95. The molecule has 2 aromatic carbocycles. The summed E-state index contributed by atoms with van der Waals surface area (Å²) in [5.41, 5.74) is 1.77. The maximum absolute atomic E-state index is 13.0. The summed E-state index contributed by atoms with van der Waals surface area (Å²) in [4.78, 5) is 23.2. The number of anilines is 1. The quantitative estimate of drug-likeness (QED) is 0.542.